The third kappa shape index (κ3) is 11.9. The van der Waals surface area contributed by atoms with Gasteiger partial charge in [0.15, 0.2) is 11.5 Å². The molecule has 2 aromatic carbocycles. The molecule has 0 bridgehead atoms. The molecule has 226 valence electrons. The van der Waals surface area contributed by atoms with E-state index in [0.717, 1.165) is 41.6 Å². The number of hydrogen-bond donors (Lipinski definition) is 1. The first kappa shape index (κ1) is 32.7. The maximum Gasteiger partial charge on any atom is 0.321 e. The first-order valence-electron chi connectivity index (χ1n) is 15.5. The number of benzene rings is 2. The number of thioether (sulfide) groups is 1. The van der Waals surface area contributed by atoms with Crippen molar-refractivity contribution in [3.05, 3.63) is 65.2 Å². The maximum atomic E-state index is 12.8. The molecule has 1 N–H and O–H groups in total. The molecular weight excluding hydrogens is 530 g/mol. The summed E-state index contributed by atoms with van der Waals surface area (Å²) in [6, 6.07) is 14.0. The molecule has 1 aliphatic rings. The predicted octanol–water partition coefficient (Wildman–Crippen LogP) is 9.10. The topological polar surface area (TPSA) is 54.0 Å². The molecular formula is C34H51N3O3S. The Hall–Kier alpha value is -2.80. The van der Waals surface area contributed by atoms with Gasteiger partial charge in [-0.2, -0.15) is 0 Å². The minimum Gasteiger partial charge on any atom is -0.493 e. The van der Waals surface area contributed by atoms with E-state index in [1.165, 1.54) is 76.2 Å². The summed E-state index contributed by atoms with van der Waals surface area (Å²) in [5.74, 6) is 2.43. The van der Waals surface area contributed by atoms with Crippen LogP contribution in [0.1, 0.15) is 95.1 Å². The van der Waals surface area contributed by atoms with Gasteiger partial charge < -0.3 is 19.7 Å². The average molecular weight is 582 g/mol. The molecule has 1 aliphatic heterocycles. The van der Waals surface area contributed by atoms with Gasteiger partial charge >= 0.3 is 6.03 Å². The number of amides is 2. The Labute approximate surface area is 252 Å². The maximum absolute atomic E-state index is 12.8. The minimum atomic E-state index is -0.147. The molecule has 6 nitrogen and oxygen atoms in total. The van der Waals surface area contributed by atoms with E-state index in [-0.39, 0.29) is 6.03 Å². The Bertz CT molecular complexity index is 1040. The largest absolute Gasteiger partial charge is 0.493 e. The van der Waals surface area contributed by atoms with Crippen molar-refractivity contribution in [2.45, 2.75) is 97.1 Å². The van der Waals surface area contributed by atoms with E-state index in [1.807, 2.05) is 30.3 Å². The second-order valence-electron chi connectivity index (χ2n) is 10.9. The first-order valence-corrected chi connectivity index (χ1v) is 16.6. The number of ether oxygens (including phenoxy) is 2. The van der Waals surface area contributed by atoms with Crippen LogP contribution in [0.5, 0.6) is 11.5 Å². The number of methoxy groups -OCH3 is 1. The molecule has 0 radical (unpaired) electrons. The fourth-order valence-corrected chi connectivity index (χ4v) is 5.79. The van der Waals surface area contributed by atoms with E-state index < -0.39 is 0 Å². The Kier molecular flexibility index (Phi) is 15.4. The van der Waals surface area contributed by atoms with Crippen LogP contribution in [-0.2, 0) is 13.1 Å². The van der Waals surface area contributed by atoms with Gasteiger partial charge in [-0.15, -0.1) is 11.8 Å². The van der Waals surface area contributed by atoms with Crippen LogP contribution in [0, 0.1) is 0 Å². The summed E-state index contributed by atoms with van der Waals surface area (Å²) in [6.45, 7) is 4.24. The number of anilines is 1. The van der Waals surface area contributed by atoms with Crippen LogP contribution in [-0.4, -0.2) is 37.6 Å². The van der Waals surface area contributed by atoms with Crippen molar-refractivity contribution in [3.63, 3.8) is 0 Å². The molecule has 0 spiro atoms. The van der Waals surface area contributed by atoms with Crippen LogP contribution in [0.4, 0.5) is 10.5 Å². The molecule has 41 heavy (non-hydrogen) atoms. The average Bonchev–Trinajstić information content (AvgIpc) is 3.51. The molecule has 3 rings (SSSR count). The second kappa shape index (κ2) is 19.3. The molecule has 0 aromatic heterocycles. The molecule has 0 atom stereocenters. The first-order chi connectivity index (χ1) is 20.1. The fourth-order valence-electron chi connectivity index (χ4n) is 5.08. The molecule has 1 heterocycles. The highest BCUT2D eigenvalue weighted by molar-refractivity contribution is 8.02. The standard InChI is InChI=1S/C34H51N3O3S/c1-4-5-6-7-8-9-10-11-12-13-14-15-23-40-33-25-30(18-21-32(33)39-3)27-37(34(38)35-2)31-19-16-29(17-20-31)26-36-22-24-41-28-36/h16-22,24-25H,4-15,23,26-28H2,1-3H3,(H,35,38). The van der Waals surface area contributed by atoms with Gasteiger partial charge in [-0.25, -0.2) is 4.79 Å². The van der Waals surface area contributed by atoms with Crippen molar-refractivity contribution in [2.24, 2.45) is 0 Å². The zero-order valence-corrected chi connectivity index (χ0v) is 26.4. The SMILES string of the molecule is CCCCCCCCCCCCCCOc1cc(CN(C(=O)NC)c2ccc(CN3C=CSC3)cc2)ccc1OC. The highest BCUT2D eigenvalue weighted by atomic mass is 32.2. The van der Waals surface area contributed by atoms with Crippen LogP contribution >= 0.6 is 11.8 Å². The van der Waals surface area contributed by atoms with Crippen LogP contribution in [0.2, 0.25) is 0 Å². The molecule has 0 saturated heterocycles. The van der Waals surface area contributed by atoms with Gasteiger partial charge in [0.05, 0.1) is 26.1 Å². The summed E-state index contributed by atoms with van der Waals surface area (Å²) in [5, 5.41) is 4.90. The molecule has 2 amide bonds. The number of unbranched alkanes of at least 4 members (excludes halogenated alkanes) is 11. The van der Waals surface area contributed by atoms with E-state index in [1.54, 1.807) is 30.8 Å². The summed E-state index contributed by atoms with van der Waals surface area (Å²) in [7, 11) is 3.33. The zero-order chi connectivity index (χ0) is 29.1. The fraction of sp³-hybridized carbons (Fsp3) is 0.559. The number of rotatable bonds is 20. The number of urea groups is 1. The molecule has 7 heteroatoms. The summed E-state index contributed by atoms with van der Waals surface area (Å²) < 4.78 is 11.7. The number of carbonyl (C=O) groups excluding carboxylic acids is 1. The van der Waals surface area contributed by atoms with Crippen molar-refractivity contribution in [3.8, 4) is 11.5 Å². The lowest BCUT2D eigenvalue weighted by Crippen LogP contribution is -2.37. The summed E-state index contributed by atoms with van der Waals surface area (Å²) in [4.78, 5) is 16.9. The van der Waals surface area contributed by atoms with Crippen LogP contribution in [0.25, 0.3) is 0 Å². The summed E-state index contributed by atoms with van der Waals surface area (Å²) in [6.07, 6.45) is 18.0. The number of nitrogens with one attached hydrogen (secondary N) is 1. The minimum absolute atomic E-state index is 0.147. The van der Waals surface area contributed by atoms with Gasteiger partial charge in [0.2, 0.25) is 0 Å². The predicted molar refractivity (Wildman–Crippen MR) is 174 cm³/mol. The van der Waals surface area contributed by atoms with E-state index >= 15 is 0 Å². The number of hydrogen-bond acceptors (Lipinski definition) is 5. The highest BCUT2D eigenvalue weighted by Crippen LogP contribution is 2.30. The van der Waals surface area contributed by atoms with Gasteiger partial charge in [0, 0.05) is 25.5 Å². The quantitative estimate of drug-likeness (QED) is 0.158. The van der Waals surface area contributed by atoms with Crippen LogP contribution in [0.15, 0.2) is 54.1 Å². The summed E-state index contributed by atoms with van der Waals surface area (Å²) in [5.41, 5.74) is 3.06. The van der Waals surface area contributed by atoms with E-state index in [0.29, 0.717) is 13.2 Å². The third-order valence-electron chi connectivity index (χ3n) is 7.53. The van der Waals surface area contributed by atoms with Gasteiger partial charge in [-0.3, -0.25) is 4.90 Å². The second-order valence-corrected chi connectivity index (χ2v) is 11.7. The van der Waals surface area contributed by atoms with Crippen molar-refractivity contribution in [1.29, 1.82) is 0 Å². The van der Waals surface area contributed by atoms with Crippen molar-refractivity contribution < 1.29 is 14.3 Å². The molecule has 0 unspecified atom stereocenters. The van der Waals surface area contributed by atoms with Crippen molar-refractivity contribution >= 4 is 23.5 Å². The molecule has 0 fully saturated rings. The highest BCUT2D eigenvalue weighted by Gasteiger charge is 2.17. The Morgan fingerprint density at radius 3 is 2.10 bits per heavy atom. The summed E-state index contributed by atoms with van der Waals surface area (Å²) >= 11 is 1.80. The van der Waals surface area contributed by atoms with Gasteiger partial charge in [0.1, 0.15) is 0 Å². The van der Waals surface area contributed by atoms with E-state index in [4.69, 9.17) is 9.47 Å². The lowest BCUT2D eigenvalue weighted by atomic mass is 10.1. The Balaban J connectivity index is 1.45. The normalized spacial score (nSPS) is 12.5. The van der Waals surface area contributed by atoms with E-state index in [2.05, 4.69) is 40.9 Å². The number of nitrogens with zero attached hydrogens (tertiary/aromatic N) is 2. The van der Waals surface area contributed by atoms with Crippen LogP contribution < -0.4 is 19.7 Å². The monoisotopic (exact) mass is 581 g/mol. The zero-order valence-electron chi connectivity index (χ0n) is 25.5. The van der Waals surface area contributed by atoms with E-state index in [9.17, 15) is 4.79 Å². The molecule has 0 saturated carbocycles. The Morgan fingerprint density at radius 2 is 1.51 bits per heavy atom. The molecule has 2 aromatic rings. The lowest BCUT2D eigenvalue weighted by Gasteiger charge is -2.24. The van der Waals surface area contributed by atoms with Gasteiger partial charge in [-0.05, 0) is 47.2 Å². The lowest BCUT2D eigenvalue weighted by molar-refractivity contribution is 0.248. The van der Waals surface area contributed by atoms with Gasteiger partial charge in [-0.1, -0.05) is 95.8 Å². The smallest absolute Gasteiger partial charge is 0.321 e. The van der Waals surface area contributed by atoms with Crippen molar-refractivity contribution in [2.75, 3.05) is 31.5 Å². The third-order valence-corrected chi connectivity index (χ3v) is 8.32. The van der Waals surface area contributed by atoms with Gasteiger partial charge in [0.25, 0.3) is 0 Å². The van der Waals surface area contributed by atoms with Crippen molar-refractivity contribution in [1.82, 2.24) is 10.2 Å². The molecule has 0 aliphatic carbocycles. The number of carbonyl (C=O) groups is 1. The van der Waals surface area contributed by atoms with Crippen LogP contribution in [0.3, 0.4) is 0 Å². The Morgan fingerprint density at radius 1 is 0.878 bits per heavy atom.